The van der Waals surface area contributed by atoms with Crippen LogP contribution in [0.25, 0.3) is 10.9 Å². The van der Waals surface area contributed by atoms with Crippen molar-refractivity contribution in [3.8, 4) is 0 Å². The van der Waals surface area contributed by atoms with E-state index < -0.39 is 0 Å². The maximum Gasteiger partial charge on any atom is 0.0672 e. The summed E-state index contributed by atoms with van der Waals surface area (Å²) in [5, 5.41) is 2.72. The number of halogens is 2. The molecule has 0 N–H and O–H groups in total. The predicted octanol–water partition coefficient (Wildman–Crippen LogP) is 5.30. The molecule has 0 fully saturated rings. The van der Waals surface area contributed by atoms with Gasteiger partial charge in [-0.2, -0.15) is 0 Å². The molecule has 0 unspecified atom stereocenters. The van der Waals surface area contributed by atoms with Crippen LogP contribution in [0.5, 0.6) is 0 Å². The number of benzene rings is 2. The number of aromatic nitrogens is 1. The molecule has 0 spiro atoms. The van der Waals surface area contributed by atoms with Gasteiger partial charge in [0.2, 0.25) is 0 Å². The lowest BCUT2D eigenvalue weighted by Crippen LogP contribution is -1.99. The Kier molecular flexibility index (Phi) is 3.26. The number of aryl methyl sites for hydroxylation is 1. The van der Waals surface area contributed by atoms with E-state index in [9.17, 15) is 0 Å². The average molecular weight is 290 g/mol. The molecule has 1 aromatic heterocycles. The van der Waals surface area contributed by atoms with E-state index in [0.29, 0.717) is 0 Å². The summed E-state index contributed by atoms with van der Waals surface area (Å²) in [6, 6.07) is 14.2. The van der Waals surface area contributed by atoms with Gasteiger partial charge in [-0.05, 0) is 36.2 Å². The number of nitrogens with zero attached hydrogens (tertiary/aromatic N) is 1. The van der Waals surface area contributed by atoms with Crippen LogP contribution in [-0.2, 0) is 6.54 Å². The lowest BCUT2D eigenvalue weighted by Gasteiger charge is -2.09. The lowest BCUT2D eigenvalue weighted by atomic mass is 10.1. The van der Waals surface area contributed by atoms with Crippen molar-refractivity contribution in [3.05, 3.63) is 69.8 Å². The second-order valence-electron chi connectivity index (χ2n) is 4.72. The van der Waals surface area contributed by atoms with Gasteiger partial charge in [0.1, 0.15) is 0 Å². The van der Waals surface area contributed by atoms with Crippen molar-refractivity contribution >= 4 is 34.1 Å². The summed E-state index contributed by atoms with van der Waals surface area (Å²) in [6.45, 7) is 2.77. The molecule has 0 amide bonds. The first-order chi connectivity index (χ1) is 9.15. The third kappa shape index (κ3) is 2.36. The summed E-state index contributed by atoms with van der Waals surface area (Å²) in [5.74, 6) is 0. The highest BCUT2D eigenvalue weighted by atomic mass is 35.5. The number of para-hydroxylation sites is 1. The van der Waals surface area contributed by atoms with Crippen LogP contribution in [0, 0.1) is 6.92 Å². The van der Waals surface area contributed by atoms with Crippen LogP contribution in [0.3, 0.4) is 0 Å². The lowest BCUT2D eigenvalue weighted by molar-refractivity contribution is 0.837. The maximum atomic E-state index is 6.29. The summed E-state index contributed by atoms with van der Waals surface area (Å²) in [4.78, 5) is 0. The van der Waals surface area contributed by atoms with Crippen LogP contribution in [0.1, 0.15) is 11.1 Å². The molecular formula is C16H13Cl2N. The Labute approximate surface area is 122 Å². The van der Waals surface area contributed by atoms with Gasteiger partial charge in [-0.3, -0.25) is 0 Å². The standard InChI is InChI=1S/C16H13Cl2N/c1-11-5-6-13(15(18)9-11)10-19-8-7-12-3-2-4-14(17)16(12)19/h2-9H,10H2,1H3. The first kappa shape index (κ1) is 12.6. The smallest absolute Gasteiger partial charge is 0.0672 e. The van der Waals surface area contributed by atoms with Crippen molar-refractivity contribution < 1.29 is 0 Å². The molecule has 0 saturated carbocycles. The van der Waals surface area contributed by atoms with E-state index in [0.717, 1.165) is 33.1 Å². The molecule has 96 valence electrons. The van der Waals surface area contributed by atoms with Crippen LogP contribution in [0.15, 0.2) is 48.7 Å². The van der Waals surface area contributed by atoms with Crippen molar-refractivity contribution in [2.75, 3.05) is 0 Å². The highest BCUT2D eigenvalue weighted by molar-refractivity contribution is 6.35. The second kappa shape index (κ2) is 4.92. The fraction of sp³-hybridized carbons (Fsp3) is 0.125. The maximum absolute atomic E-state index is 6.29. The molecule has 1 nitrogen and oxygen atoms in total. The second-order valence-corrected chi connectivity index (χ2v) is 5.53. The van der Waals surface area contributed by atoms with Gasteiger partial charge in [-0.1, -0.05) is 47.5 Å². The molecule has 2 aromatic carbocycles. The van der Waals surface area contributed by atoms with E-state index in [1.54, 1.807) is 0 Å². The van der Waals surface area contributed by atoms with Crippen LogP contribution in [0.4, 0.5) is 0 Å². The fourth-order valence-corrected chi connectivity index (χ4v) is 2.90. The Balaban J connectivity index is 2.06. The molecule has 3 heteroatoms. The van der Waals surface area contributed by atoms with E-state index in [1.165, 1.54) is 5.56 Å². The van der Waals surface area contributed by atoms with Gasteiger partial charge < -0.3 is 4.57 Å². The van der Waals surface area contributed by atoms with Gasteiger partial charge >= 0.3 is 0 Å². The van der Waals surface area contributed by atoms with Crippen molar-refractivity contribution in [3.63, 3.8) is 0 Å². The third-order valence-electron chi connectivity index (χ3n) is 3.29. The summed E-state index contributed by atoms with van der Waals surface area (Å²) in [6.07, 6.45) is 2.05. The van der Waals surface area contributed by atoms with E-state index >= 15 is 0 Å². The van der Waals surface area contributed by atoms with Gasteiger partial charge in [0.25, 0.3) is 0 Å². The molecule has 0 aliphatic heterocycles. The SMILES string of the molecule is Cc1ccc(Cn2ccc3cccc(Cl)c32)c(Cl)c1. The van der Waals surface area contributed by atoms with Gasteiger partial charge in [-0.25, -0.2) is 0 Å². The summed E-state index contributed by atoms with van der Waals surface area (Å²) in [7, 11) is 0. The van der Waals surface area contributed by atoms with Crippen LogP contribution < -0.4 is 0 Å². The molecule has 19 heavy (non-hydrogen) atoms. The minimum absolute atomic E-state index is 0.729. The van der Waals surface area contributed by atoms with E-state index in [2.05, 4.69) is 28.8 Å². The van der Waals surface area contributed by atoms with Gasteiger partial charge in [-0.15, -0.1) is 0 Å². The molecular weight excluding hydrogens is 277 g/mol. The zero-order valence-corrected chi connectivity index (χ0v) is 12.0. The van der Waals surface area contributed by atoms with Crippen molar-refractivity contribution in [2.45, 2.75) is 13.5 Å². The Morgan fingerprint density at radius 1 is 1.00 bits per heavy atom. The molecule has 0 radical (unpaired) electrons. The van der Waals surface area contributed by atoms with E-state index in [1.807, 2.05) is 31.3 Å². The molecule has 0 saturated heterocycles. The highest BCUT2D eigenvalue weighted by Crippen LogP contribution is 2.26. The molecule has 0 bridgehead atoms. The minimum Gasteiger partial charge on any atom is -0.342 e. The fourth-order valence-electron chi connectivity index (χ4n) is 2.31. The molecule has 3 rings (SSSR count). The Morgan fingerprint density at radius 2 is 1.84 bits per heavy atom. The van der Waals surface area contributed by atoms with Crippen molar-refractivity contribution in [1.29, 1.82) is 0 Å². The monoisotopic (exact) mass is 289 g/mol. The minimum atomic E-state index is 0.729. The third-order valence-corrected chi connectivity index (χ3v) is 3.95. The zero-order chi connectivity index (χ0) is 13.4. The molecule has 0 aliphatic rings. The van der Waals surface area contributed by atoms with Crippen LogP contribution >= 0.6 is 23.2 Å². The van der Waals surface area contributed by atoms with Crippen LogP contribution in [-0.4, -0.2) is 4.57 Å². The Bertz CT molecular complexity index is 744. The first-order valence-corrected chi connectivity index (χ1v) is 6.89. The number of hydrogen-bond donors (Lipinski definition) is 0. The van der Waals surface area contributed by atoms with Gasteiger partial charge in [0, 0.05) is 23.2 Å². The highest BCUT2D eigenvalue weighted by Gasteiger charge is 2.07. The van der Waals surface area contributed by atoms with E-state index in [-0.39, 0.29) is 0 Å². The molecule has 3 aromatic rings. The van der Waals surface area contributed by atoms with Crippen molar-refractivity contribution in [1.82, 2.24) is 4.57 Å². The Hall–Kier alpha value is -1.44. The normalized spacial score (nSPS) is 11.1. The van der Waals surface area contributed by atoms with Gasteiger partial charge in [0.05, 0.1) is 10.5 Å². The summed E-state index contributed by atoms with van der Waals surface area (Å²) < 4.78 is 2.13. The zero-order valence-electron chi connectivity index (χ0n) is 10.5. The molecule has 0 atom stereocenters. The van der Waals surface area contributed by atoms with E-state index in [4.69, 9.17) is 23.2 Å². The topological polar surface area (TPSA) is 4.93 Å². The quantitative estimate of drug-likeness (QED) is 0.603. The van der Waals surface area contributed by atoms with Gasteiger partial charge in [0.15, 0.2) is 0 Å². The first-order valence-electron chi connectivity index (χ1n) is 6.13. The predicted molar refractivity (Wildman–Crippen MR) is 82.2 cm³/mol. The number of rotatable bonds is 2. The average Bonchev–Trinajstić information content (AvgIpc) is 2.77. The number of fused-ring (bicyclic) bond motifs is 1. The molecule has 0 aliphatic carbocycles. The number of hydrogen-bond acceptors (Lipinski definition) is 0. The van der Waals surface area contributed by atoms with Crippen LogP contribution in [0.2, 0.25) is 10.0 Å². The molecule has 1 heterocycles. The summed E-state index contributed by atoms with van der Waals surface area (Å²) >= 11 is 12.6. The summed E-state index contributed by atoms with van der Waals surface area (Å²) in [5.41, 5.74) is 3.33. The Morgan fingerprint density at radius 3 is 2.63 bits per heavy atom. The largest absolute Gasteiger partial charge is 0.342 e. The van der Waals surface area contributed by atoms with Crippen molar-refractivity contribution in [2.24, 2.45) is 0 Å².